The van der Waals surface area contributed by atoms with Crippen molar-refractivity contribution in [2.75, 3.05) is 31.6 Å². The van der Waals surface area contributed by atoms with Crippen LogP contribution < -0.4 is 5.32 Å². The van der Waals surface area contributed by atoms with E-state index < -0.39 is 0 Å². The highest BCUT2D eigenvalue weighted by atomic mass is 16.5. The highest BCUT2D eigenvalue weighted by Crippen LogP contribution is 2.07. The number of urea groups is 1. The predicted molar refractivity (Wildman–Crippen MR) is 60.4 cm³/mol. The fraction of sp³-hybridized carbons (Fsp3) is 0.455. The predicted octanol–water partition coefficient (Wildman–Crippen LogP) is 1.25. The number of carbonyl (C=O) groups is 1. The van der Waals surface area contributed by atoms with E-state index in [4.69, 9.17) is 4.74 Å². The second kappa shape index (κ2) is 4.94. The molecule has 2 heterocycles. The van der Waals surface area contributed by atoms with Crippen molar-refractivity contribution in [3.8, 4) is 0 Å². The summed E-state index contributed by atoms with van der Waals surface area (Å²) in [5.74, 6) is 0. The number of amides is 2. The van der Waals surface area contributed by atoms with Crippen molar-refractivity contribution in [3.63, 3.8) is 0 Å². The smallest absolute Gasteiger partial charge is 0.322 e. The molecule has 1 aromatic rings. The van der Waals surface area contributed by atoms with Crippen LogP contribution in [0.25, 0.3) is 0 Å². The molecule has 0 unspecified atom stereocenters. The number of carbonyl (C=O) groups excluding carboxylic acids is 1. The number of nitrogens with zero attached hydrogens (tertiary/aromatic N) is 2. The van der Waals surface area contributed by atoms with Gasteiger partial charge in [0.05, 0.1) is 25.1 Å². The van der Waals surface area contributed by atoms with Crippen molar-refractivity contribution < 1.29 is 9.53 Å². The van der Waals surface area contributed by atoms with E-state index >= 15 is 0 Å². The van der Waals surface area contributed by atoms with Gasteiger partial charge < -0.3 is 15.0 Å². The maximum Gasteiger partial charge on any atom is 0.322 e. The lowest BCUT2D eigenvalue weighted by Gasteiger charge is -2.26. The molecule has 0 aliphatic carbocycles. The number of rotatable bonds is 1. The average Bonchev–Trinajstić information content (AvgIpc) is 2.33. The lowest BCUT2D eigenvalue weighted by molar-refractivity contribution is 0.0564. The Hall–Kier alpha value is -1.62. The first kappa shape index (κ1) is 10.9. The maximum atomic E-state index is 11.8. The fourth-order valence-electron chi connectivity index (χ4n) is 1.51. The van der Waals surface area contributed by atoms with Crippen LogP contribution in [0.1, 0.15) is 5.69 Å². The van der Waals surface area contributed by atoms with Gasteiger partial charge in [0, 0.05) is 18.8 Å². The van der Waals surface area contributed by atoms with Gasteiger partial charge in [-0.15, -0.1) is 0 Å². The number of hydrogen-bond acceptors (Lipinski definition) is 3. The molecule has 0 spiro atoms. The van der Waals surface area contributed by atoms with Crippen LogP contribution in [0.4, 0.5) is 10.5 Å². The van der Waals surface area contributed by atoms with Crippen molar-refractivity contribution in [1.82, 2.24) is 9.88 Å². The van der Waals surface area contributed by atoms with Gasteiger partial charge in [-0.3, -0.25) is 4.98 Å². The van der Waals surface area contributed by atoms with E-state index in [0.29, 0.717) is 26.3 Å². The number of morpholine rings is 1. The zero-order valence-electron chi connectivity index (χ0n) is 9.27. The summed E-state index contributed by atoms with van der Waals surface area (Å²) in [5.41, 5.74) is 1.66. The van der Waals surface area contributed by atoms with Gasteiger partial charge in [-0.2, -0.15) is 0 Å². The van der Waals surface area contributed by atoms with Crippen LogP contribution in [0.3, 0.4) is 0 Å². The monoisotopic (exact) mass is 221 g/mol. The molecule has 0 saturated carbocycles. The van der Waals surface area contributed by atoms with Crippen molar-refractivity contribution in [2.24, 2.45) is 0 Å². The zero-order chi connectivity index (χ0) is 11.4. The second-order valence-electron chi connectivity index (χ2n) is 3.72. The summed E-state index contributed by atoms with van der Waals surface area (Å²) in [6.45, 7) is 4.42. The van der Waals surface area contributed by atoms with E-state index in [1.807, 2.05) is 19.1 Å². The quantitative estimate of drug-likeness (QED) is 0.776. The molecule has 5 nitrogen and oxygen atoms in total. The van der Waals surface area contributed by atoms with Crippen LogP contribution in [0, 0.1) is 6.92 Å². The average molecular weight is 221 g/mol. The Morgan fingerprint density at radius 1 is 1.44 bits per heavy atom. The third-order valence-corrected chi connectivity index (χ3v) is 2.46. The Morgan fingerprint density at radius 2 is 2.19 bits per heavy atom. The second-order valence-corrected chi connectivity index (χ2v) is 3.72. The minimum Gasteiger partial charge on any atom is -0.378 e. The number of nitrogens with one attached hydrogen (secondary N) is 1. The Kier molecular flexibility index (Phi) is 3.36. The van der Waals surface area contributed by atoms with Crippen LogP contribution in [0.15, 0.2) is 18.3 Å². The molecule has 2 amide bonds. The van der Waals surface area contributed by atoms with Crippen LogP contribution >= 0.6 is 0 Å². The molecule has 1 aliphatic rings. The van der Waals surface area contributed by atoms with E-state index in [1.54, 1.807) is 11.1 Å². The minimum absolute atomic E-state index is 0.0889. The Bertz CT molecular complexity index is 358. The number of aromatic nitrogens is 1. The Morgan fingerprint density at radius 3 is 2.81 bits per heavy atom. The molecule has 0 atom stereocenters. The van der Waals surface area contributed by atoms with Crippen molar-refractivity contribution in [3.05, 3.63) is 24.0 Å². The van der Waals surface area contributed by atoms with Gasteiger partial charge in [0.15, 0.2) is 0 Å². The van der Waals surface area contributed by atoms with Crippen molar-refractivity contribution in [2.45, 2.75) is 6.92 Å². The number of ether oxygens (including phenoxy) is 1. The molecule has 5 heteroatoms. The van der Waals surface area contributed by atoms with Crippen LogP contribution in [-0.4, -0.2) is 42.2 Å². The highest BCUT2D eigenvalue weighted by Gasteiger charge is 2.16. The van der Waals surface area contributed by atoms with Crippen molar-refractivity contribution in [1.29, 1.82) is 0 Å². The highest BCUT2D eigenvalue weighted by molar-refractivity contribution is 5.89. The Balaban J connectivity index is 1.93. The summed E-state index contributed by atoms with van der Waals surface area (Å²) in [6.07, 6.45) is 1.66. The first-order valence-electron chi connectivity index (χ1n) is 5.32. The molecule has 0 aromatic carbocycles. The van der Waals surface area contributed by atoms with E-state index in [9.17, 15) is 4.79 Å². The lowest BCUT2D eigenvalue weighted by atomic mass is 10.3. The molecule has 16 heavy (non-hydrogen) atoms. The third-order valence-electron chi connectivity index (χ3n) is 2.46. The molecular weight excluding hydrogens is 206 g/mol. The first-order valence-corrected chi connectivity index (χ1v) is 5.32. The molecule has 1 N–H and O–H groups in total. The summed E-state index contributed by atoms with van der Waals surface area (Å²) in [7, 11) is 0. The van der Waals surface area contributed by atoms with Gasteiger partial charge in [0.1, 0.15) is 0 Å². The van der Waals surface area contributed by atoms with Crippen LogP contribution in [0.5, 0.6) is 0 Å². The maximum absolute atomic E-state index is 11.8. The third kappa shape index (κ3) is 2.70. The van der Waals surface area contributed by atoms with Gasteiger partial charge >= 0.3 is 6.03 Å². The number of hydrogen-bond donors (Lipinski definition) is 1. The topological polar surface area (TPSA) is 54.5 Å². The summed E-state index contributed by atoms with van der Waals surface area (Å²) in [4.78, 5) is 17.6. The van der Waals surface area contributed by atoms with Crippen LogP contribution in [0.2, 0.25) is 0 Å². The molecule has 1 fully saturated rings. The van der Waals surface area contributed by atoms with Gasteiger partial charge in [0.2, 0.25) is 0 Å². The molecule has 0 bridgehead atoms. The molecule has 1 aromatic heterocycles. The summed E-state index contributed by atoms with van der Waals surface area (Å²) >= 11 is 0. The number of pyridine rings is 1. The number of anilines is 1. The summed E-state index contributed by atoms with van der Waals surface area (Å²) in [5, 5.41) is 2.81. The van der Waals surface area contributed by atoms with E-state index in [1.165, 1.54) is 0 Å². The molecule has 86 valence electrons. The molecule has 1 saturated heterocycles. The van der Waals surface area contributed by atoms with Crippen molar-refractivity contribution >= 4 is 11.7 Å². The largest absolute Gasteiger partial charge is 0.378 e. The molecular formula is C11H15N3O2. The minimum atomic E-state index is -0.0889. The van der Waals surface area contributed by atoms with E-state index in [2.05, 4.69) is 10.3 Å². The Labute approximate surface area is 94.4 Å². The van der Waals surface area contributed by atoms with Gasteiger partial charge in [0.25, 0.3) is 0 Å². The van der Waals surface area contributed by atoms with Gasteiger partial charge in [-0.1, -0.05) is 0 Å². The standard InChI is InChI=1S/C11H15N3O2/c1-9-2-3-10(8-12-9)13-11(15)14-4-6-16-7-5-14/h2-3,8H,4-7H2,1H3,(H,13,15). The molecule has 1 aliphatic heterocycles. The first-order chi connectivity index (χ1) is 7.75. The lowest BCUT2D eigenvalue weighted by Crippen LogP contribution is -2.43. The SMILES string of the molecule is Cc1ccc(NC(=O)N2CCOCC2)cn1. The number of aryl methyl sites for hydroxylation is 1. The van der Waals surface area contributed by atoms with Gasteiger partial charge in [-0.25, -0.2) is 4.79 Å². The zero-order valence-corrected chi connectivity index (χ0v) is 9.27. The summed E-state index contributed by atoms with van der Waals surface area (Å²) in [6, 6.07) is 3.63. The van der Waals surface area contributed by atoms with Crippen LogP contribution in [-0.2, 0) is 4.74 Å². The molecule has 0 radical (unpaired) electrons. The van der Waals surface area contributed by atoms with E-state index in [-0.39, 0.29) is 6.03 Å². The van der Waals surface area contributed by atoms with Gasteiger partial charge in [-0.05, 0) is 19.1 Å². The summed E-state index contributed by atoms with van der Waals surface area (Å²) < 4.78 is 5.18. The van der Waals surface area contributed by atoms with E-state index in [0.717, 1.165) is 11.4 Å². The normalized spacial score (nSPS) is 15.9. The fourth-order valence-corrected chi connectivity index (χ4v) is 1.51. The molecule has 2 rings (SSSR count).